The molecule has 0 spiro atoms. The van der Waals surface area contributed by atoms with Crippen molar-refractivity contribution in [3.63, 3.8) is 0 Å². The summed E-state index contributed by atoms with van der Waals surface area (Å²) in [7, 11) is 1.74. The zero-order valence-electron chi connectivity index (χ0n) is 9.24. The van der Waals surface area contributed by atoms with Crippen LogP contribution in [0.1, 0.15) is 11.3 Å². The summed E-state index contributed by atoms with van der Waals surface area (Å²) in [6, 6.07) is 9.36. The van der Waals surface area contributed by atoms with Crippen LogP contribution in [0.2, 0.25) is 5.15 Å². The molecule has 0 unspecified atom stereocenters. The van der Waals surface area contributed by atoms with E-state index in [1.54, 1.807) is 7.05 Å². The van der Waals surface area contributed by atoms with Crippen molar-refractivity contribution in [2.75, 3.05) is 12.4 Å². The van der Waals surface area contributed by atoms with E-state index in [-0.39, 0.29) is 5.15 Å². The van der Waals surface area contributed by atoms with Crippen LogP contribution in [0.3, 0.4) is 0 Å². The van der Waals surface area contributed by atoms with Gasteiger partial charge in [0.2, 0.25) is 0 Å². The van der Waals surface area contributed by atoms with Crippen molar-refractivity contribution in [2.24, 2.45) is 0 Å². The van der Waals surface area contributed by atoms with Gasteiger partial charge in [0, 0.05) is 12.6 Å². The van der Waals surface area contributed by atoms with Crippen LogP contribution in [0.5, 0.6) is 0 Å². The third kappa shape index (κ3) is 2.42. The van der Waals surface area contributed by atoms with E-state index in [0.29, 0.717) is 17.2 Å². The highest BCUT2D eigenvalue weighted by Crippen LogP contribution is 2.16. The van der Waals surface area contributed by atoms with E-state index >= 15 is 0 Å². The maximum Gasteiger partial charge on any atom is 0.154 e. The van der Waals surface area contributed by atoms with E-state index < -0.39 is 0 Å². The molecule has 1 aromatic heterocycles. The minimum absolute atomic E-state index is 0.277. The number of aromatic nitrogens is 2. The van der Waals surface area contributed by atoms with Gasteiger partial charge in [-0.1, -0.05) is 41.9 Å². The van der Waals surface area contributed by atoms with Crippen molar-refractivity contribution in [1.82, 2.24) is 9.97 Å². The normalized spacial score (nSPS) is 10.0. The van der Waals surface area contributed by atoms with Gasteiger partial charge in [0.05, 0.1) is 11.9 Å². The molecule has 0 radical (unpaired) electrons. The molecule has 0 aliphatic carbocycles. The molecular weight excluding hydrogens is 236 g/mol. The lowest BCUT2D eigenvalue weighted by Crippen LogP contribution is -2.09. The van der Waals surface area contributed by atoms with Gasteiger partial charge < -0.3 is 5.32 Å². The Bertz CT molecular complexity index is 539. The largest absolute Gasteiger partial charge is 0.371 e. The summed E-state index contributed by atoms with van der Waals surface area (Å²) in [5, 5.41) is 11.3. The first-order valence-electron chi connectivity index (χ1n) is 5.07. The number of nitrogens with one attached hydrogen (secondary N) is 2. The Kier molecular flexibility index (Phi) is 3.35. The zero-order chi connectivity index (χ0) is 12.3. The molecule has 0 saturated heterocycles. The van der Waals surface area contributed by atoms with Crippen LogP contribution >= 0.6 is 11.6 Å². The maximum absolute atomic E-state index is 8.11. The summed E-state index contributed by atoms with van der Waals surface area (Å²) < 4.78 is 0. The molecule has 1 aromatic carbocycles. The summed E-state index contributed by atoms with van der Waals surface area (Å²) in [5.74, 6) is 0.545. The van der Waals surface area contributed by atoms with Crippen LogP contribution in [0.25, 0.3) is 0 Å². The van der Waals surface area contributed by atoms with E-state index in [2.05, 4.69) is 15.3 Å². The molecule has 0 bridgehead atoms. The van der Waals surface area contributed by atoms with Crippen LogP contribution in [0.4, 0.5) is 5.82 Å². The molecule has 0 aliphatic heterocycles. The van der Waals surface area contributed by atoms with Gasteiger partial charge in [-0.25, -0.2) is 9.97 Å². The first-order valence-corrected chi connectivity index (χ1v) is 5.45. The van der Waals surface area contributed by atoms with Crippen molar-refractivity contribution in [3.8, 4) is 0 Å². The Labute approximate surface area is 104 Å². The van der Waals surface area contributed by atoms with Gasteiger partial charge >= 0.3 is 0 Å². The average Bonchev–Trinajstić information content (AvgIpc) is 2.39. The predicted octanol–water partition coefficient (Wildman–Crippen LogP) is 2.59. The Morgan fingerprint density at radius 3 is 2.65 bits per heavy atom. The predicted molar refractivity (Wildman–Crippen MR) is 69.0 cm³/mol. The molecule has 0 saturated carbocycles. The highest BCUT2D eigenvalue weighted by atomic mass is 35.5. The number of hydrogen-bond donors (Lipinski definition) is 2. The summed E-state index contributed by atoms with van der Waals surface area (Å²) in [5.41, 5.74) is 1.52. The smallest absolute Gasteiger partial charge is 0.154 e. The van der Waals surface area contributed by atoms with Gasteiger partial charge in [0.25, 0.3) is 0 Å². The van der Waals surface area contributed by atoms with Crippen LogP contribution in [-0.2, 0) is 0 Å². The SMILES string of the molecule is CNc1ncc(Cl)nc1C(=N)c1ccccc1. The lowest BCUT2D eigenvalue weighted by Gasteiger charge is -2.08. The van der Waals surface area contributed by atoms with Gasteiger partial charge in [-0.15, -0.1) is 0 Å². The second kappa shape index (κ2) is 4.93. The minimum Gasteiger partial charge on any atom is -0.371 e. The van der Waals surface area contributed by atoms with E-state index in [0.717, 1.165) is 5.56 Å². The fourth-order valence-corrected chi connectivity index (χ4v) is 1.60. The summed E-state index contributed by atoms with van der Waals surface area (Å²) in [6.45, 7) is 0. The molecule has 0 aliphatic rings. The highest BCUT2D eigenvalue weighted by molar-refractivity contribution is 6.29. The Hall–Kier alpha value is -1.94. The lowest BCUT2D eigenvalue weighted by molar-refractivity contribution is 1.16. The Balaban J connectivity index is 2.47. The second-order valence-corrected chi connectivity index (χ2v) is 3.77. The van der Waals surface area contributed by atoms with Crippen LogP contribution in [-0.4, -0.2) is 22.7 Å². The Morgan fingerprint density at radius 2 is 2.00 bits per heavy atom. The molecule has 17 heavy (non-hydrogen) atoms. The molecule has 0 amide bonds. The lowest BCUT2D eigenvalue weighted by atomic mass is 10.1. The number of rotatable bonds is 3. The molecule has 4 nitrogen and oxygen atoms in total. The van der Waals surface area contributed by atoms with Gasteiger partial charge in [0.1, 0.15) is 10.8 Å². The van der Waals surface area contributed by atoms with Crippen molar-refractivity contribution < 1.29 is 0 Å². The van der Waals surface area contributed by atoms with E-state index in [9.17, 15) is 0 Å². The minimum atomic E-state index is 0.277. The van der Waals surface area contributed by atoms with Gasteiger partial charge in [-0.3, -0.25) is 5.41 Å². The van der Waals surface area contributed by atoms with Gasteiger partial charge in [-0.2, -0.15) is 0 Å². The molecule has 1 heterocycles. The van der Waals surface area contributed by atoms with Crippen molar-refractivity contribution in [2.45, 2.75) is 0 Å². The molecule has 0 fully saturated rings. The molecule has 0 atom stereocenters. The van der Waals surface area contributed by atoms with Gasteiger partial charge in [0.15, 0.2) is 5.82 Å². The highest BCUT2D eigenvalue weighted by Gasteiger charge is 2.12. The number of nitrogens with zero attached hydrogens (tertiary/aromatic N) is 2. The molecule has 86 valence electrons. The molecule has 2 N–H and O–H groups in total. The topological polar surface area (TPSA) is 61.7 Å². The second-order valence-electron chi connectivity index (χ2n) is 3.38. The third-order valence-corrected chi connectivity index (χ3v) is 2.46. The summed E-state index contributed by atoms with van der Waals surface area (Å²) in [6.07, 6.45) is 1.45. The molecular formula is C12H11ClN4. The average molecular weight is 247 g/mol. The fraction of sp³-hybridized carbons (Fsp3) is 0.0833. The van der Waals surface area contributed by atoms with Gasteiger partial charge in [-0.05, 0) is 0 Å². The first kappa shape index (κ1) is 11.5. The third-order valence-electron chi connectivity index (χ3n) is 2.28. The van der Waals surface area contributed by atoms with E-state index in [1.807, 2.05) is 30.3 Å². The number of halogens is 1. The standard InChI is InChI=1S/C12H11ClN4/c1-15-12-11(17-9(13)7-16-12)10(14)8-5-3-2-4-6-8/h2-7,14H,1H3,(H,15,16). The monoisotopic (exact) mass is 246 g/mol. The van der Waals surface area contributed by atoms with E-state index in [1.165, 1.54) is 6.20 Å². The van der Waals surface area contributed by atoms with Crippen molar-refractivity contribution in [1.29, 1.82) is 5.41 Å². The number of anilines is 1. The summed E-state index contributed by atoms with van der Waals surface area (Å²) >= 11 is 5.81. The zero-order valence-corrected chi connectivity index (χ0v) is 9.99. The van der Waals surface area contributed by atoms with Crippen molar-refractivity contribution >= 4 is 23.1 Å². The maximum atomic E-state index is 8.11. The first-order chi connectivity index (χ1) is 8.22. The van der Waals surface area contributed by atoms with Crippen LogP contribution < -0.4 is 5.32 Å². The molecule has 5 heteroatoms. The number of hydrogen-bond acceptors (Lipinski definition) is 4. The Morgan fingerprint density at radius 1 is 1.29 bits per heavy atom. The molecule has 2 aromatic rings. The van der Waals surface area contributed by atoms with Crippen LogP contribution in [0, 0.1) is 5.41 Å². The summed E-state index contributed by atoms with van der Waals surface area (Å²) in [4.78, 5) is 8.23. The van der Waals surface area contributed by atoms with Crippen molar-refractivity contribution in [3.05, 3.63) is 52.9 Å². The fourth-order valence-electron chi connectivity index (χ4n) is 1.47. The molecule has 2 rings (SSSR count). The van der Waals surface area contributed by atoms with Crippen LogP contribution in [0.15, 0.2) is 36.5 Å². The quantitative estimate of drug-likeness (QED) is 0.819. The number of benzene rings is 1. The van der Waals surface area contributed by atoms with E-state index in [4.69, 9.17) is 17.0 Å².